The number of phenolic OH excluding ortho intramolecular Hbond substituents is 6. The van der Waals surface area contributed by atoms with Gasteiger partial charge < -0.3 is 59.1 Å². The number of unbranched alkanes of at least 4 members (excludes halogenated alkanes) is 6. The number of aryl methyl sites for hydroxylation is 6. The Morgan fingerprint density at radius 1 is 0.290 bits per heavy atom. The van der Waals surface area contributed by atoms with Gasteiger partial charge in [0.2, 0.25) is 0 Å². The lowest BCUT2D eigenvalue weighted by molar-refractivity contribution is 0.0104. The van der Waals surface area contributed by atoms with E-state index in [-0.39, 0.29) is 164 Å². The van der Waals surface area contributed by atoms with E-state index < -0.39 is 233 Å². The lowest BCUT2D eigenvalue weighted by Gasteiger charge is -2.46. The number of ether oxygens (including phenoxy) is 6. The van der Waals surface area contributed by atoms with E-state index in [1.165, 1.54) is 103 Å². The molecule has 18 rings (SSSR count). The fourth-order valence-electron chi connectivity index (χ4n) is 20.0. The van der Waals surface area contributed by atoms with Gasteiger partial charge in [-0.1, -0.05) is 188 Å². The van der Waals surface area contributed by atoms with Crippen molar-refractivity contribution in [2.75, 3.05) is 0 Å². The number of aromatic hydroxyl groups is 6. The van der Waals surface area contributed by atoms with Crippen LogP contribution in [0.4, 0.5) is 0 Å². The number of benzene rings is 6. The number of phenols is 6. The third kappa shape index (κ3) is 25.0. The van der Waals surface area contributed by atoms with Gasteiger partial charge in [-0.2, -0.15) is 0 Å². The number of allylic oxidation sites excluding steroid dienone is 12. The Morgan fingerprint density at radius 3 is 0.841 bits per heavy atom. The van der Waals surface area contributed by atoms with E-state index in [0.29, 0.717) is 115 Å². The molecule has 0 unspecified atom stereocenters. The zero-order chi connectivity index (χ0) is 140. The highest BCUT2D eigenvalue weighted by Crippen LogP contribution is 2.61. The first-order chi connectivity index (χ1) is 83.2. The van der Waals surface area contributed by atoms with Crippen molar-refractivity contribution in [1.82, 2.24) is 0 Å². The van der Waals surface area contributed by atoms with Gasteiger partial charge in [0.15, 0.2) is 0 Å². The maximum absolute atomic E-state index is 11.0. The van der Waals surface area contributed by atoms with Crippen LogP contribution in [0.25, 0.3) is 0 Å². The highest BCUT2D eigenvalue weighted by Gasteiger charge is 2.52. The van der Waals surface area contributed by atoms with Crippen LogP contribution >= 0.6 is 0 Å². The van der Waals surface area contributed by atoms with Gasteiger partial charge in [0.25, 0.3) is 0 Å². The quantitative estimate of drug-likeness (QED) is 0.0317. The van der Waals surface area contributed by atoms with Crippen LogP contribution in [0.3, 0.4) is 0 Å². The van der Waals surface area contributed by atoms with Gasteiger partial charge in [0, 0.05) is 162 Å². The second-order valence-corrected chi connectivity index (χ2v) is 40.9. The molecule has 12 nitrogen and oxygen atoms in total. The van der Waals surface area contributed by atoms with Gasteiger partial charge in [0.05, 0.1) is 5.48 Å². The second-order valence-electron chi connectivity index (χ2n) is 40.9. The zero-order valence-corrected chi connectivity index (χ0v) is 84.6. The van der Waals surface area contributed by atoms with Gasteiger partial charge in [-0.25, -0.2) is 0 Å². The monoisotopic (exact) mass is 1930 g/mol. The molecular weight excluding hydrogens is 1710 g/mol. The number of rotatable bonds is 24. The first kappa shape index (κ1) is 60.7. The lowest BCUT2D eigenvalue weighted by atomic mass is 9.68. The predicted molar refractivity (Wildman–Crippen MR) is 572 cm³/mol. The Balaban J connectivity index is 0.000000179. The highest BCUT2D eigenvalue weighted by atomic mass is 16.5. The third-order valence-electron chi connectivity index (χ3n) is 27.3. The van der Waals surface area contributed by atoms with E-state index in [0.717, 1.165) is 51.0 Å². The SMILES string of the molecule is [2H]C([2H])([2H])C1=C[C@H]2c3c(O)cc(C([2H])([2H])CCCC)cc3OC(C)(C)[C@@H]2CC1.[2H]C([2H])([2H])C1=C[C@H]2c3c(O)cc(C([2H])([2H])CCCC)cc3OC(C)(C)[C@@H]2CC1([2H])[2H].[2H]C1=C(C([2H])([2H])[2H])C([2H])([2H])C([2H])([2H])[C@]2([2H])[C@@H]1c1c(O)cc(C([2H])([2H])CCCC)cc1OC2(C)C.[2H]C1=C(C([2H])([2H])[2H])CC([2H])([2H])[C@]2([2H])[C@@H]1c1c(O)cc(C([2H])([2H])CCCC)cc1OC2(C)C.[2H]C1=C(C)C([2H])([2H])C([2H])([2H])[C@]2([2H])[C@@H]1c1c(O)cc(C([2H])([2H])CCCC)cc1OC2(C)C.[2H]C1=C(C)CC([2H])([2H])[C@]2([2H])[C@@H]1c1c(O)cc(C([2H])([2H])CCCC)cc1OC2(C)C. The molecule has 0 spiro atoms. The Bertz CT molecular complexity index is 7690. The van der Waals surface area contributed by atoms with Crippen molar-refractivity contribution in [1.29, 1.82) is 0 Å². The van der Waals surface area contributed by atoms with E-state index in [4.69, 9.17) is 87.4 Å². The van der Waals surface area contributed by atoms with Crippen LogP contribution in [0.5, 0.6) is 69.0 Å². The molecule has 6 aliphatic heterocycles. The Kier molecular flexibility index (Phi) is 20.1. The molecule has 0 fully saturated rings. The molecule has 0 saturated heterocycles. The summed E-state index contributed by atoms with van der Waals surface area (Å²) in [4.78, 5) is 0. The first-order valence-electron chi connectivity index (χ1n) is 72.8. The molecule has 6 heterocycles. The fraction of sp³-hybridized carbons (Fsp3) is 0.619. The largest absolute Gasteiger partial charge is 0.507 e. The first-order valence-corrected chi connectivity index (χ1v) is 49.8. The van der Waals surface area contributed by atoms with E-state index in [1.807, 2.05) is 69.2 Å². The van der Waals surface area contributed by atoms with E-state index in [1.54, 1.807) is 45.0 Å². The minimum absolute atomic E-state index is 0.0126. The number of hydrogen-bond acceptors (Lipinski definition) is 12. The van der Waals surface area contributed by atoms with Crippen molar-refractivity contribution < 1.29 is 122 Å². The number of fused-ring (bicyclic) bond motifs is 18. The second kappa shape index (κ2) is 45.7. The van der Waals surface area contributed by atoms with Gasteiger partial charge in [-0.15, -0.1) is 0 Å². The molecule has 0 amide bonds. The molecule has 138 heavy (non-hydrogen) atoms. The maximum atomic E-state index is 11.0. The summed E-state index contributed by atoms with van der Waals surface area (Å²) in [6, 6.07) is 15.6. The third-order valence-corrected chi connectivity index (χ3v) is 27.3. The summed E-state index contributed by atoms with van der Waals surface area (Å²) in [5.41, 5.74) is -5.80. The molecule has 12 aliphatic rings. The standard InChI is InChI=1S/6C21H30O2/c6*1-5-6-7-8-15-12-18(22)20-16-11-14(2)9-10-17(16)21(3,4)23-19(20)13-15/h6*11-13,16-17,22H,5-10H2,1-4H3/t6*16-,17-/m111111/s1/i2D3,8D2,9D2,10D2,11D,17D;8D2,9D2,10D2,11D,17D;2D3,8D2,10D2,11D,17D;8D2,10D2,11D,17D;2D3,8D2,9D2;2D3,8D2. The van der Waals surface area contributed by atoms with E-state index in [9.17, 15) is 34.8 Å². The summed E-state index contributed by atoms with van der Waals surface area (Å²) in [6.07, 6.45) is -13.7. The minimum atomic E-state index is -3.20. The molecule has 6 aromatic carbocycles. The summed E-state index contributed by atoms with van der Waals surface area (Å²) < 4.78 is 421. The molecule has 0 radical (unpaired) electrons. The molecule has 12 atom stereocenters. The topological polar surface area (TPSA) is 177 Å². The lowest BCUT2D eigenvalue weighted by Crippen LogP contribution is -2.45. The zero-order valence-electron chi connectivity index (χ0n) is 131. The van der Waals surface area contributed by atoms with Gasteiger partial charge in [0.1, 0.15) is 103 Å². The van der Waals surface area contributed by atoms with Gasteiger partial charge in [-0.05, 0) is 384 Å². The Labute approximate surface area is 898 Å². The van der Waals surface area contributed by atoms with Crippen LogP contribution in [-0.4, -0.2) is 64.2 Å². The van der Waals surface area contributed by atoms with E-state index >= 15 is 0 Å². The molecule has 0 bridgehead atoms. The summed E-state index contributed by atoms with van der Waals surface area (Å²) in [6.45, 7) is 23.8. The summed E-state index contributed by atoms with van der Waals surface area (Å²) in [7, 11) is 0. The van der Waals surface area contributed by atoms with Crippen LogP contribution in [0.1, 0.15) is 523 Å². The van der Waals surface area contributed by atoms with Gasteiger partial charge >= 0.3 is 0 Å². The van der Waals surface area contributed by atoms with Crippen LogP contribution in [-0.2, 0) is 38.2 Å². The molecule has 6 aromatic rings. The minimum Gasteiger partial charge on any atom is -0.507 e. The molecule has 0 aromatic heterocycles. The molecule has 12 heteroatoms. The van der Waals surface area contributed by atoms with E-state index in [2.05, 4.69) is 0 Å². The van der Waals surface area contributed by atoms with Gasteiger partial charge in [-0.3, -0.25) is 0 Å². The van der Waals surface area contributed by atoms with Crippen molar-refractivity contribution in [2.45, 2.75) is 466 Å². The smallest absolute Gasteiger partial charge is 0.127 e. The predicted octanol–water partition coefficient (Wildman–Crippen LogP) is 34.4. The highest BCUT2D eigenvalue weighted by molar-refractivity contribution is 5.60. The molecular formula is C126H180O12. The van der Waals surface area contributed by atoms with Crippen molar-refractivity contribution in [3.8, 4) is 69.0 Å². The maximum Gasteiger partial charge on any atom is 0.127 e. The fourth-order valence-corrected chi connectivity index (χ4v) is 20.0. The average Bonchev–Trinajstić information content (AvgIpc) is 0.663. The Morgan fingerprint density at radius 2 is 0.536 bits per heavy atom. The average molecular weight is 1930 g/mol. The molecule has 6 aliphatic carbocycles. The van der Waals surface area contributed by atoms with Crippen molar-refractivity contribution in [2.24, 2.45) is 35.4 Å². The van der Waals surface area contributed by atoms with Crippen LogP contribution in [0.15, 0.2) is 143 Å². The number of hydrogen-bond donors (Lipinski definition) is 6. The van der Waals surface area contributed by atoms with Crippen molar-refractivity contribution >= 4 is 0 Å². The van der Waals surface area contributed by atoms with Crippen molar-refractivity contribution in [3.63, 3.8) is 0 Å². The van der Waals surface area contributed by atoms with Crippen molar-refractivity contribution in [3.05, 3.63) is 209 Å². The summed E-state index contributed by atoms with van der Waals surface area (Å²) in [5, 5.41) is 65.3. The molecule has 756 valence electrons. The molecule has 6 N–H and O–H groups in total. The Hall–Kier alpha value is -8.64. The van der Waals surface area contributed by atoms with Crippen LogP contribution in [0, 0.1) is 35.4 Å². The molecule has 0 saturated carbocycles. The summed E-state index contributed by atoms with van der Waals surface area (Å²) >= 11 is 0. The van der Waals surface area contributed by atoms with Crippen LogP contribution < -0.4 is 28.4 Å². The van der Waals surface area contributed by atoms with Crippen LogP contribution in [0.2, 0.25) is 0 Å². The summed E-state index contributed by atoms with van der Waals surface area (Å²) in [5.74, 6) is -15.8. The normalized spacial score (nSPS) is 36.0.